The summed E-state index contributed by atoms with van der Waals surface area (Å²) < 4.78 is 49.5. The first-order chi connectivity index (χ1) is 19.3. The Morgan fingerprint density at radius 2 is 1.62 bits per heavy atom. The van der Waals surface area contributed by atoms with Gasteiger partial charge < -0.3 is 24.3 Å². The van der Waals surface area contributed by atoms with Crippen molar-refractivity contribution in [2.45, 2.75) is 26.9 Å². The normalized spacial score (nSPS) is 13.9. The lowest BCUT2D eigenvalue weighted by molar-refractivity contribution is -0.122. The molecule has 0 aliphatic carbocycles. The number of hydrogen-bond acceptors (Lipinski definition) is 6. The lowest BCUT2D eigenvalue weighted by Gasteiger charge is -2.16. The van der Waals surface area contributed by atoms with Gasteiger partial charge in [0.05, 0.1) is 20.3 Å². The van der Waals surface area contributed by atoms with E-state index < -0.39 is 11.6 Å². The molecule has 10 heteroatoms. The van der Waals surface area contributed by atoms with Gasteiger partial charge in [-0.05, 0) is 86.1 Å². The summed E-state index contributed by atoms with van der Waals surface area (Å²) in [5, 5.41) is 3.31. The summed E-state index contributed by atoms with van der Waals surface area (Å²) in [5.41, 5.74) is 2.61. The van der Waals surface area contributed by atoms with Crippen LogP contribution in [-0.2, 0) is 17.8 Å². The Morgan fingerprint density at radius 1 is 0.900 bits per heavy atom. The molecule has 1 aliphatic heterocycles. The quantitative estimate of drug-likeness (QED) is 0.224. The first-order valence-electron chi connectivity index (χ1n) is 12.8. The number of carbonyl (C=O) groups is 1. The summed E-state index contributed by atoms with van der Waals surface area (Å²) in [5.74, 6) is 0.0496. The molecule has 210 valence electrons. The van der Waals surface area contributed by atoms with E-state index in [1.54, 1.807) is 24.3 Å². The largest absolute Gasteiger partial charge is 0.496 e. The molecule has 1 aliphatic rings. The van der Waals surface area contributed by atoms with Crippen molar-refractivity contribution in [3.63, 3.8) is 0 Å². The Kier molecular flexibility index (Phi) is 9.55. The smallest absolute Gasteiger partial charge is 0.276 e. The molecule has 1 amide bonds. The highest BCUT2D eigenvalue weighted by atomic mass is 32.1. The minimum atomic E-state index is -0.800. The van der Waals surface area contributed by atoms with E-state index in [1.165, 1.54) is 18.1 Å². The fourth-order valence-electron chi connectivity index (χ4n) is 4.18. The van der Waals surface area contributed by atoms with E-state index in [0.717, 1.165) is 17.7 Å². The van der Waals surface area contributed by atoms with Crippen LogP contribution in [0.5, 0.6) is 23.0 Å². The number of amides is 1. The van der Waals surface area contributed by atoms with Gasteiger partial charge in [0.25, 0.3) is 5.91 Å². The molecule has 0 atom stereocenters. The molecule has 0 unspecified atom stereocenters. The Hall–Kier alpha value is -4.18. The molecule has 0 bridgehead atoms. The van der Waals surface area contributed by atoms with Gasteiger partial charge in [-0.25, -0.2) is 8.78 Å². The van der Waals surface area contributed by atoms with Crippen LogP contribution in [0.3, 0.4) is 0 Å². The van der Waals surface area contributed by atoms with E-state index in [-0.39, 0.29) is 18.3 Å². The topological polar surface area (TPSA) is 69.3 Å². The predicted molar refractivity (Wildman–Crippen MR) is 152 cm³/mol. The zero-order valence-electron chi connectivity index (χ0n) is 22.5. The number of ether oxygens (including phenoxy) is 4. The van der Waals surface area contributed by atoms with Crippen LogP contribution in [0, 0.1) is 11.6 Å². The van der Waals surface area contributed by atoms with E-state index in [2.05, 4.69) is 5.32 Å². The van der Waals surface area contributed by atoms with Gasteiger partial charge in [0.1, 0.15) is 23.9 Å². The van der Waals surface area contributed by atoms with E-state index in [4.69, 9.17) is 31.2 Å². The summed E-state index contributed by atoms with van der Waals surface area (Å²) in [6.45, 7) is 5.22. The van der Waals surface area contributed by atoms with Gasteiger partial charge in [0.15, 0.2) is 28.2 Å². The number of methoxy groups -OCH3 is 1. The summed E-state index contributed by atoms with van der Waals surface area (Å²) in [7, 11) is 1.51. The van der Waals surface area contributed by atoms with E-state index in [1.807, 2.05) is 32.0 Å². The zero-order chi connectivity index (χ0) is 28.6. The van der Waals surface area contributed by atoms with Gasteiger partial charge in [-0.15, -0.1) is 0 Å². The third kappa shape index (κ3) is 6.87. The molecule has 0 radical (unpaired) electrons. The summed E-state index contributed by atoms with van der Waals surface area (Å²) in [6.07, 6.45) is 2.25. The Balaban J connectivity index is 1.45. The molecule has 40 heavy (non-hydrogen) atoms. The predicted octanol–water partition coefficient (Wildman–Crippen LogP) is 5.65. The van der Waals surface area contributed by atoms with Crippen LogP contribution in [0.1, 0.15) is 30.5 Å². The Labute approximate surface area is 237 Å². The van der Waals surface area contributed by atoms with Gasteiger partial charge in [-0.3, -0.25) is 9.69 Å². The third-order valence-electron chi connectivity index (χ3n) is 6.09. The molecule has 4 rings (SSSR count). The molecule has 0 aromatic heterocycles. The molecule has 0 saturated carbocycles. The average molecular weight is 569 g/mol. The fraction of sp³-hybridized carbons (Fsp3) is 0.267. The second kappa shape index (κ2) is 13.3. The molecule has 3 aromatic rings. The van der Waals surface area contributed by atoms with E-state index in [9.17, 15) is 13.6 Å². The number of hydrogen-bond donors (Lipinski definition) is 1. The standard InChI is InChI=1S/C30H30F2N2O5S/c1-4-37-27-10-6-19(16-28(27)38-5-2)12-13-34-29(35)24(33-30(34)40)15-20-7-9-25(36-3)21(14-20)18-39-26-11-8-22(31)17-23(26)32/h6-11,14-17H,4-5,12-13,18H2,1-3H3,(H,33,40)/b24-15+. The van der Waals surface area contributed by atoms with Gasteiger partial charge >= 0.3 is 0 Å². The number of carbonyl (C=O) groups excluding carboxylic acids is 1. The second-order valence-corrected chi connectivity index (χ2v) is 9.16. The highest BCUT2D eigenvalue weighted by Crippen LogP contribution is 2.29. The van der Waals surface area contributed by atoms with Crippen LogP contribution in [0.2, 0.25) is 0 Å². The fourth-order valence-corrected chi connectivity index (χ4v) is 4.47. The molecule has 3 aromatic carbocycles. The molecular formula is C30H30F2N2O5S. The molecule has 1 fully saturated rings. The monoisotopic (exact) mass is 568 g/mol. The number of benzene rings is 3. The van der Waals surface area contributed by atoms with Gasteiger partial charge in [-0.1, -0.05) is 12.1 Å². The number of thiocarbonyl (C=S) groups is 1. The first-order valence-corrected chi connectivity index (χ1v) is 13.2. The van der Waals surface area contributed by atoms with Crippen LogP contribution in [0.25, 0.3) is 6.08 Å². The minimum absolute atomic E-state index is 0.0273. The third-order valence-corrected chi connectivity index (χ3v) is 6.41. The minimum Gasteiger partial charge on any atom is -0.496 e. The lowest BCUT2D eigenvalue weighted by Crippen LogP contribution is -2.32. The summed E-state index contributed by atoms with van der Waals surface area (Å²) in [4.78, 5) is 14.7. The summed E-state index contributed by atoms with van der Waals surface area (Å²) in [6, 6.07) is 14.1. The average Bonchev–Trinajstić information content (AvgIpc) is 3.20. The maximum atomic E-state index is 14.0. The van der Waals surface area contributed by atoms with Crippen molar-refractivity contribution in [3.05, 3.63) is 88.6 Å². The van der Waals surface area contributed by atoms with Crippen LogP contribution >= 0.6 is 12.2 Å². The van der Waals surface area contributed by atoms with Gasteiger partial charge in [-0.2, -0.15) is 0 Å². The number of rotatable bonds is 12. The zero-order valence-corrected chi connectivity index (χ0v) is 23.3. The van der Waals surface area contributed by atoms with Crippen LogP contribution in [0.4, 0.5) is 8.78 Å². The molecule has 7 nitrogen and oxygen atoms in total. The van der Waals surface area contributed by atoms with Crippen molar-refractivity contribution in [3.8, 4) is 23.0 Å². The molecule has 1 N–H and O–H groups in total. The maximum Gasteiger partial charge on any atom is 0.276 e. The van der Waals surface area contributed by atoms with Crippen LogP contribution in [-0.4, -0.2) is 42.8 Å². The lowest BCUT2D eigenvalue weighted by atomic mass is 10.1. The van der Waals surface area contributed by atoms with Crippen LogP contribution < -0.4 is 24.3 Å². The highest BCUT2D eigenvalue weighted by molar-refractivity contribution is 7.80. The van der Waals surface area contributed by atoms with Crippen molar-refractivity contribution in [2.24, 2.45) is 0 Å². The van der Waals surface area contributed by atoms with Crippen molar-refractivity contribution < 1.29 is 32.5 Å². The van der Waals surface area contributed by atoms with Crippen LogP contribution in [0.15, 0.2) is 60.3 Å². The molecular weight excluding hydrogens is 538 g/mol. The maximum absolute atomic E-state index is 14.0. The Bertz CT molecular complexity index is 1430. The first kappa shape index (κ1) is 28.8. The summed E-state index contributed by atoms with van der Waals surface area (Å²) >= 11 is 5.44. The number of nitrogens with zero attached hydrogens (tertiary/aromatic N) is 1. The molecule has 1 saturated heterocycles. The number of nitrogens with one attached hydrogen (secondary N) is 1. The van der Waals surface area contributed by atoms with Gasteiger partial charge in [0, 0.05) is 18.2 Å². The second-order valence-electron chi connectivity index (χ2n) is 8.78. The van der Waals surface area contributed by atoms with E-state index in [0.29, 0.717) is 65.4 Å². The highest BCUT2D eigenvalue weighted by Gasteiger charge is 2.30. The number of halogens is 2. The van der Waals surface area contributed by atoms with Crippen molar-refractivity contribution in [2.75, 3.05) is 26.9 Å². The SMILES string of the molecule is CCOc1ccc(CCN2C(=O)/C(=C\c3ccc(OC)c(COc4ccc(F)cc4F)c3)NC2=S)cc1OCC. The Morgan fingerprint density at radius 3 is 2.35 bits per heavy atom. The van der Waals surface area contributed by atoms with Crippen molar-refractivity contribution in [1.29, 1.82) is 0 Å². The van der Waals surface area contributed by atoms with Crippen molar-refractivity contribution in [1.82, 2.24) is 10.2 Å². The van der Waals surface area contributed by atoms with Crippen molar-refractivity contribution >= 4 is 29.3 Å². The van der Waals surface area contributed by atoms with E-state index >= 15 is 0 Å². The molecule has 0 spiro atoms. The van der Waals surface area contributed by atoms with Gasteiger partial charge in [0.2, 0.25) is 0 Å². The molecule has 1 heterocycles.